The summed E-state index contributed by atoms with van der Waals surface area (Å²) in [5.41, 5.74) is 2.49. The van der Waals surface area contributed by atoms with Crippen molar-refractivity contribution in [3.05, 3.63) is 53.9 Å². The van der Waals surface area contributed by atoms with E-state index in [0.717, 1.165) is 5.56 Å². The Morgan fingerprint density at radius 3 is 2.83 bits per heavy atom. The molecule has 92 valence electrons. The Hall–Kier alpha value is -2.36. The van der Waals surface area contributed by atoms with E-state index in [9.17, 15) is 4.79 Å². The van der Waals surface area contributed by atoms with Crippen molar-refractivity contribution >= 4 is 11.6 Å². The van der Waals surface area contributed by atoms with Gasteiger partial charge in [-0.2, -0.15) is 0 Å². The minimum absolute atomic E-state index is 0.187. The SMILES string of the molecule is C=C1NC(=O)c2cc(OC)ccc2C1=N/C=C\C. The van der Waals surface area contributed by atoms with Gasteiger partial charge in [-0.05, 0) is 25.1 Å². The number of fused-ring (bicyclic) bond motifs is 1. The minimum Gasteiger partial charge on any atom is -0.497 e. The molecule has 18 heavy (non-hydrogen) atoms. The zero-order chi connectivity index (χ0) is 13.1. The van der Waals surface area contributed by atoms with Crippen LogP contribution in [-0.4, -0.2) is 18.7 Å². The van der Waals surface area contributed by atoms with Gasteiger partial charge >= 0.3 is 0 Å². The van der Waals surface area contributed by atoms with Crippen LogP contribution in [0.15, 0.2) is 47.7 Å². The normalized spacial score (nSPS) is 16.9. The van der Waals surface area contributed by atoms with E-state index in [-0.39, 0.29) is 5.91 Å². The number of hydrogen-bond donors (Lipinski definition) is 1. The van der Waals surface area contributed by atoms with Crippen LogP contribution in [0, 0.1) is 0 Å². The number of allylic oxidation sites excluding steroid dienone is 2. The Balaban J connectivity index is 2.59. The number of carbonyl (C=O) groups is 1. The molecule has 1 amide bonds. The van der Waals surface area contributed by atoms with Crippen LogP contribution < -0.4 is 10.1 Å². The van der Waals surface area contributed by atoms with Gasteiger partial charge in [0.2, 0.25) is 0 Å². The minimum atomic E-state index is -0.187. The number of hydrogen-bond acceptors (Lipinski definition) is 3. The summed E-state index contributed by atoms with van der Waals surface area (Å²) in [7, 11) is 1.57. The first kappa shape index (κ1) is 12.1. The quantitative estimate of drug-likeness (QED) is 0.865. The summed E-state index contributed by atoms with van der Waals surface area (Å²) >= 11 is 0. The van der Waals surface area contributed by atoms with Crippen molar-refractivity contribution < 1.29 is 9.53 Å². The first-order chi connectivity index (χ1) is 8.67. The molecule has 0 atom stereocenters. The number of aliphatic imine (C=N–C) groups is 1. The molecular weight excluding hydrogens is 228 g/mol. The van der Waals surface area contributed by atoms with Crippen LogP contribution >= 0.6 is 0 Å². The second-order valence-corrected chi connectivity index (χ2v) is 3.80. The van der Waals surface area contributed by atoms with Crippen molar-refractivity contribution in [2.45, 2.75) is 6.92 Å². The highest BCUT2D eigenvalue weighted by molar-refractivity contribution is 6.23. The third kappa shape index (κ3) is 2.05. The van der Waals surface area contributed by atoms with Gasteiger partial charge in [-0.1, -0.05) is 12.7 Å². The monoisotopic (exact) mass is 242 g/mol. The number of amides is 1. The zero-order valence-corrected chi connectivity index (χ0v) is 10.4. The molecule has 0 radical (unpaired) electrons. The van der Waals surface area contributed by atoms with Gasteiger partial charge in [0.1, 0.15) is 5.75 Å². The van der Waals surface area contributed by atoms with Crippen molar-refractivity contribution in [1.82, 2.24) is 5.32 Å². The molecule has 0 saturated heterocycles. The molecule has 0 unspecified atom stereocenters. The fourth-order valence-corrected chi connectivity index (χ4v) is 1.77. The molecule has 0 fully saturated rings. The average Bonchev–Trinajstić information content (AvgIpc) is 2.38. The summed E-state index contributed by atoms with van der Waals surface area (Å²) < 4.78 is 5.12. The van der Waals surface area contributed by atoms with Crippen LogP contribution in [0.25, 0.3) is 0 Å². The molecule has 4 nitrogen and oxygen atoms in total. The predicted octanol–water partition coefficient (Wildman–Crippen LogP) is 2.28. The zero-order valence-electron chi connectivity index (χ0n) is 10.4. The molecule has 0 saturated carbocycles. The van der Waals surface area contributed by atoms with Gasteiger partial charge in [0.15, 0.2) is 0 Å². The van der Waals surface area contributed by atoms with Crippen LogP contribution in [0.4, 0.5) is 0 Å². The maximum absolute atomic E-state index is 11.9. The van der Waals surface area contributed by atoms with Gasteiger partial charge in [0, 0.05) is 11.8 Å². The number of carbonyl (C=O) groups excluding carboxylic acids is 1. The fraction of sp³-hybridized carbons (Fsp3) is 0.143. The van der Waals surface area contributed by atoms with E-state index in [1.54, 1.807) is 25.4 Å². The first-order valence-corrected chi connectivity index (χ1v) is 5.55. The number of nitrogens with one attached hydrogen (secondary N) is 1. The van der Waals surface area contributed by atoms with Crippen LogP contribution in [0.5, 0.6) is 5.75 Å². The topological polar surface area (TPSA) is 50.7 Å². The van der Waals surface area contributed by atoms with Crippen molar-refractivity contribution in [1.29, 1.82) is 0 Å². The lowest BCUT2D eigenvalue weighted by Gasteiger charge is -2.20. The third-order valence-electron chi connectivity index (χ3n) is 2.63. The lowest BCUT2D eigenvalue weighted by molar-refractivity contribution is 0.0965. The second kappa shape index (κ2) is 4.87. The van der Waals surface area contributed by atoms with E-state index in [2.05, 4.69) is 16.9 Å². The van der Waals surface area contributed by atoms with E-state index < -0.39 is 0 Å². The molecule has 0 aliphatic carbocycles. The van der Waals surface area contributed by atoms with E-state index in [4.69, 9.17) is 4.74 Å². The van der Waals surface area contributed by atoms with Gasteiger partial charge in [-0.15, -0.1) is 0 Å². The number of benzene rings is 1. The van der Waals surface area contributed by atoms with Crippen LogP contribution in [0.1, 0.15) is 22.8 Å². The molecule has 1 heterocycles. The first-order valence-electron chi connectivity index (χ1n) is 5.55. The summed E-state index contributed by atoms with van der Waals surface area (Å²) in [6.07, 6.45) is 3.49. The maximum Gasteiger partial charge on any atom is 0.256 e. The average molecular weight is 242 g/mol. The third-order valence-corrected chi connectivity index (χ3v) is 2.63. The summed E-state index contributed by atoms with van der Waals surface area (Å²) in [6, 6.07) is 5.32. The number of methoxy groups -OCH3 is 1. The standard InChI is InChI=1S/C14H14N2O2/c1-4-7-15-13-9(2)16-14(17)12-8-10(18-3)5-6-11(12)13/h4-8H,2H2,1,3H3,(H,16,17)/b7-4-,15-13?. The van der Waals surface area contributed by atoms with Crippen molar-refractivity contribution in [3.8, 4) is 5.75 Å². The van der Waals surface area contributed by atoms with Crippen LogP contribution in [-0.2, 0) is 0 Å². The molecule has 1 aromatic carbocycles. The van der Waals surface area contributed by atoms with E-state index in [0.29, 0.717) is 22.7 Å². The Kier molecular flexibility index (Phi) is 3.28. The summed E-state index contributed by atoms with van der Waals surface area (Å²) in [5, 5.41) is 2.69. The maximum atomic E-state index is 11.9. The van der Waals surface area contributed by atoms with Gasteiger partial charge in [0.25, 0.3) is 5.91 Å². The van der Waals surface area contributed by atoms with Crippen molar-refractivity contribution in [2.75, 3.05) is 7.11 Å². The summed E-state index contributed by atoms with van der Waals surface area (Å²) in [6.45, 7) is 5.69. The smallest absolute Gasteiger partial charge is 0.256 e. The highest BCUT2D eigenvalue weighted by Crippen LogP contribution is 2.23. The molecule has 4 heteroatoms. The highest BCUT2D eigenvalue weighted by atomic mass is 16.5. The Morgan fingerprint density at radius 1 is 1.39 bits per heavy atom. The van der Waals surface area contributed by atoms with Gasteiger partial charge in [0.05, 0.1) is 24.1 Å². The predicted molar refractivity (Wildman–Crippen MR) is 71.0 cm³/mol. The summed E-state index contributed by atoms with van der Waals surface area (Å²) in [4.78, 5) is 16.2. The van der Waals surface area contributed by atoms with E-state index in [1.807, 2.05) is 19.1 Å². The Bertz CT molecular complexity index is 571. The molecule has 0 bridgehead atoms. The Labute approximate surface area is 106 Å². The van der Waals surface area contributed by atoms with Crippen LogP contribution in [0.3, 0.4) is 0 Å². The lowest BCUT2D eigenvalue weighted by atomic mass is 9.96. The van der Waals surface area contributed by atoms with E-state index in [1.165, 1.54) is 0 Å². The van der Waals surface area contributed by atoms with Gasteiger partial charge in [-0.25, -0.2) is 0 Å². The van der Waals surface area contributed by atoms with E-state index >= 15 is 0 Å². The number of rotatable bonds is 2. The fourth-order valence-electron chi connectivity index (χ4n) is 1.77. The highest BCUT2D eigenvalue weighted by Gasteiger charge is 2.24. The van der Waals surface area contributed by atoms with Gasteiger partial charge < -0.3 is 10.1 Å². The van der Waals surface area contributed by atoms with Crippen molar-refractivity contribution in [2.24, 2.45) is 4.99 Å². The molecule has 0 aromatic heterocycles. The van der Waals surface area contributed by atoms with Gasteiger partial charge in [-0.3, -0.25) is 9.79 Å². The Morgan fingerprint density at radius 2 is 2.17 bits per heavy atom. The molecular formula is C14H14N2O2. The molecule has 1 aromatic rings. The van der Waals surface area contributed by atoms with Crippen LogP contribution in [0.2, 0.25) is 0 Å². The summed E-state index contributed by atoms with van der Waals surface area (Å²) in [5.74, 6) is 0.454. The molecule has 2 rings (SSSR count). The second-order valence-electron chi connectivity index (χ2n) is 3.80. The largest absolute Gasteiger partial charge is 0.497 e. The molecule has 1 aliphatic heterocycles. The molecule has 1 N–H and O–H groups in total. The van der Waals surface area contributed by atoms with Crippen molar-refractivity contribution in [3.63, 3.8) is 0 Å². The molecule has 1 aliphatic rings. The number of ether oxygens (including phenoxy) is 1. The molecule has 0 spiro atoms. The lowest BCUT2D eigenvalue weighted by Crippen LogP contribution is -2.34. The number of nitrogens with zero attached hydrogens (tertiary/aromatic N) is 1.